The lowest BCUT2D eigenvalue weighted by atomic mass is 9.93. The van der Waals surface area contributed by atoms with E-state index >= 15 is 0 Å². The van der Waals surface area contributed by atoms with E-state index in [0.29, 0.717) is 12.8 Å². The number of amides is 2. The van der Waals surface area contributed by atoms with E-state index < -0.39 is 11.5 Å². The third kappa shape index (κ3) is 4.82. The van der Waals surface area contributed by atoms with Crippen molar-refractivity contribution in [2.24, 2.45) is 0 Å². The van der Waals surface area contributed by atoms with Crippen LogP contribution in [0.3, 0.4) is 0 Å². The fraction of sp³-hybridized carbons (Fsp3) is 0.714. The van der Waals surface area contributed by atoms with Crippen LogP contribution in [0.4, 0.5) is 4.79 Å². The van der Waals surface area contributed by atoms with Gasteiger partial charge in [-0.3, -0.25) is 4.79 Å². The Morgan fingerprint density at radius 2 is 2.05 bits per heavy atom. The van der Waals surface area contributed by atoms with E-state index in [9.17, 15) is 9.59 Å². The Morgan fingerprint density at radius 3 is 2.53 bits per heavy atom. The molecule has 1 atom stereocenters. The van der Waals surface area contributed by atoms with Crippen LogP contribution in [0.5, 0.6) is 0 Å². The topological polar surface area (TPSA) is 78.4 Å². The van der Waals surface area contributed by atoms with E-state index in [2.05, 4.69) is 16.6 Å². The fourth-order valence-electron chi connectivity index (χ4n) is 2.61. The Labute approximate surface area is 114 Å². The molecule has 0 saturated heterocycles. The monoisotopic (exact) mass is 266 g/mol. The number of carboxylic acid groups (broad SMARTS) is 1. The molecular formula is C14H22N2O3. The minimum absolute atomic E-state index is 0.0328. The minimum atomic E-state index is -0.885. The summed E-state index contributed by atoms with van der Waals surface area (Å²) in [6.45, 7) is 1.99. The van der Waals surface area contributed by atoms with Crippen molar-refractivity contribution in [1.29, 1.82) is 0 Å². The SMILES string of the molecule is C#CC(CCC)NC(=O)NC1(CC(=O)O)CCCC1. The van der Waals surface area contributed by atoms with Gasteiger partial charge in [0.25, 0.3) is 0 Å². The number of hydrogen-bond acceptors (Lipinski definition) is 2. The van der Waals surface area contributed by atoms with Crippen LogP contribution < -0.4 is 10.6 Å². The molecule has 106 valence electrons. The maximum absolute atomic E-state index is 11.9. The molecule has 0 heterocycles. The van der Waals surface area contributed by atoms with E-state index in [4.69, 9.17) is 11.5 Å². The molecule has 0 aromatic rings. The third-order valence-electron chi connectivity index (χ3n) is 3.51. The molecule has 0 aromatic heterocycles. The zero-order chi connectivity index (χ0) is 14.3. The van der Waals surface area contributed by atoms with Gasteiger partial charge in [0, 0.05) is 0 Å². The molecule has 0 spiro atoms. The van der Waals surface area contributed by atoms with E-state index in [0.717, 1.165) is 25.7 Å². The van der Waals surface area contributed by atoms with E-state index in [1.165, 1.54) is 0 Å². The van der Waals surface area contributed by atoms with Gasteiger partial charge in [0.15, 0.2) is 0 Å². The molecule has 0 bridgehead atoms. The molecule has 5 heteroatoms. The first-order valence-electron chi connectivity index (χ1n) is 6.78. The molecule has 1 aliphatic rings. The van der Waals surface area contributed by atoms with Gasteiger partial charge in [-0.2, -0.15) is 0 Å². The predicted molar refractivity (Wildman–Crippen MR) is 72.6 cm³/mol. The number of carbonyl (C=O) groups is 2. The van der Waals surface area contributed by atoms with Crippen LogP contribution in [-0.4, -0.2) is 28.7 Å². The van der Waals surface area contributed by atoms with Crippen LogP contribution in [0.25, 0.3) is 0 Å². The Morgan fingerprint density at radius 1 is 1.42 bits per heavy atom. The van der Waals surface area contributed by atoms with E-state index in [-0.39, 0.29) is 18.5 Å². The Hall–Kier alpha value is -1.70. The highest BCUT2D eigenvalue weighted by Crippen LogP contribution is 2.32. The van der Waals surface area contributed by atoms with Crippen LogP contribution in [0.15, 0.2) is 0 Å². The summed E-state index contributed by atoms with van der Waals surface area (Å²) in [5.41, 5.74) is -0.610. The highest BCUT2D eigenvalue weighted by atomic mass is 16.4. The maximum Gasteiger partial charge on any atom is 0.316 e. The van der Waals surface area contributed by atoms with Crippen molar-refractivity contribution in [2.45, 2.75) is 63.5 Å². The third-order valence-corrected chi connectivity index (χ3v) is 3.51. The first-order chi connectivity index (χ1) is 9.01. The molecular weight excluding hydrogens is 244 g/mol. The van der Waals surface area contributed by atoms with Crippen molar-refractivity contribution in [2.75, 3.05) is 0 Å². The fourth-order valence-corrected chi connectivity index (χ4v) is 2.61. The quantitative estimate of drug-likeness (QED) is 0.642. The number of hydrogen-bond donors (Lipinski definition) is 3. The summed E-state index contributed by atoms with van der Waals surface area (Å²) in [6.07, 6.45) is 10.2. The number of aliphatic carboxylic acids is 1. The van der Waals surface area contributed by atoms with Crippen LogP contribution in [-0.2, 0) is 4.79 Å². The van der Waals surface area contributed by atoms with Gasteiger partial charge in [-0.05, 0) is 19.3 Å². The second kappa shape index (κ2) is 7.03. The molecule has 0 radical (unpaired) electrons. The first kappa shape index (κ1) is 15.4. The standard InChI is InChI=1S/C14H22N2O3/c1-3-7-11(4-2)15-13(19)16-14(10-12(17)18)8-5-6-9-14/h2,11H,3,5-10H2,1H3,(H,17,18)(H2,15,16,19). The lowest BCUT2D eigenvalue weighted by Crippen LogP contribution is -2.53. The summed E-state index contributed by atoms with van der Waals surface area (Å²) in [4.78, 5) is 22.8. The predicted octanol–water partition coefficient (Wildman–Crippen LogP) is 1.87. The van der Waals surface area contributed by atoms with Crippen molar-refractivity contribution < 1.29 is 14.7 Å². The van der Waals surface area contributed by atoms with Crippen LogP contribution in [0, 0.1) is 12.3 Å². The normalized spacial score (nSPS) is 18.3. The molecule has 1 fully saturated rings. The highest BCUT2D eigenvalue weighted by Gasteiger charge is 2.37. The Kier molecular flexibility index (Phi) is 5.68. The van der Waals surface area contributed by atoms with Crippen molar-refractivity contribution >= 4 is 12.0 Å². The lowest BCUT2D eigenvalue weighted by molar-refractivity contribution is -0.138. The molecule has 1 rings (SSSR count). The molecule has 0 aliphatic heterocycles. The summed E-state index contributed by atoms with van der Waals surface area (Å²) < 4.78 is 0. The van der Waals surface area contributed by atoms with Gasteiger partial charge < -0.3 is 15.7 Å². The van der Waals surface area contributed by atoms with E-state index in [1.54, 1.807) is 0 Å². The molecule has 2 amide bonds. The summed E-state index contributed by atoms with van der Waals surface area (Å²) >= 11 is 0. The van der Waals surface area contributed by atoms with Crippen LogP contribution in [0.1, 0.15) is 51.9 Å². The van der Waals surface area contributed by atoms with Gasteiger partial charge in [-0.15, -0.1) is 6.42 Å². The van der Waals surface area contributed by atoms with Gasteiger partial charge in [0.1, 0.15) is 0 Å². The molecule has 19 heavy (non-hydrogen) atoms. The summed E-state index contributed by atoms with van der Waals surface area (Å²) in [5.74, 6) is 1.64. The molecule has 3 N–H and O–H groups in total. The van der Waals surface area contributed by atoms with Gasteiger partial charge in [0.05, 0.1) is 18.0 Å². The molecule has 5 nitrogen and oxygen atoms in total. The minimum Gasteiger partial charge on any atom is -0.481 e. The lowest BCUT2D eigenvalue weighted by Gasteiger charge is -2.29. The largest absolute Gasteiger partial charge is 0.481 e. The Balaban J connectivity index is 2.57. The first-order valence-corrected chi connectivity index (χ1v) is 6.78. The van der Waals surface area contributed by atoms with Gasteiger partial charge in [-0.1, -0.05) is 32.1 Å². The molecule has 1 saturated carbocycles. The average molecular weight is 266 g/mol. The maximum atomic E-state index is 11.9. The average Bonchev–Trinajstić information content (AvgIpc) is 2.75. The molecule has 1 unspecified atom stereocenters. The van der Waals surface area contributed by atoms with Gasteiger partial charge >= 0.3 is 12.0 Å². The Bertz CT molecular complexity index is 367. The summed E-state index contributed by atoms with van der Waals surface area (Å²) in [5, 5.41) is 14.5. The van der Waals surface area contributed by atoms with Crippen LogP contribution >= 0.6 is 0 Å². The smallest absolute Gasteiger partial charge is 0.316 e. The zero-order valence-electron chi connectivity index (χ0n) is 11.4. The second-order valence-electron chi connectivity index (χ2n) is 5.16. The number of terminal acetylenes is 1. The van der Waals surface area contributed by atoms with E-state index in [1.807, 2.05) is 6.92 Å². The van der Waals surface area contributed by atoms with Gasteiger partial charge in [0.2, 0.25) is 0 Å². The highest BCUT2D eigenvalue weighted by molar-refractivity contribution is 5.77. The van der Waals surface area contributed by atoms with Crippen LogP contribution in [0.2, 0.25) is 0 Å². The van der Waals surface area contributed by atoms with Crippen molar-refractivity contribution in [3.05, 3.63) is 0 Å². The zero-order valence-corrected chi connectivity index (χ0v) is 11.4. The number of rotatable bonds is 6. The van der Waals surface area contributed by atoms with Gasteiger partial charge in [-0.25, -0.2) is 4.79 Å². The molecule has 0 aromatic carbocycles. The second-order valence-corrected chi connectivity index (χ2v) is 5.16. The number of carbonyl (C=O) groups excluding carboxylic acids is 1. The number of carboxylic acids is 1. The number of urea groups is 1. The molecule has 1 aliphatic carbocycles. The van der Waals surface area contributed by atoms with Crippen molar-refractivity contribution in [1.82, 2.24) is 10.6 Å². The summed E-state index contributed by atoms with van der Waals surface area (Å²) in [6, 6.07) is -0.659. The summed E-state index contributed by atoms with van der Waals surface area (Å²) in [7, 11) is 0. The number of nitrogens with one attached hydrogen (secondary N) is 2. The van der Waals surface area contributed by atoms with Crippen molar-refractivity contribution in [3.8, 4) is 12.3 Å². The van der Waals surface area contributed by atoms with Crippen molar-refractivity contribution in [3.63, 3.8) is 0 Å².